The molecule has 40 heavy (non-hydrogen) atoms. The summed E-state index contributed by atoms with van der Waals surface area (Å²) in [7, 11) is 1.28. The quantitative estimate of drug-likeness (QED) is 0.272. The zero-order valence-electron chi connectivity index (χ0n) is 22.3. The normalized spacial score (nSPS) is 21.1. The lowest BCUT2D eigenvalue weighted by atomic mass is 9.94. The number of pyridine rings is 1. The number of amides is 1. The van der Waals surface area contributed by atoms with E-state index >= 15 is 0 Å². The third-order valence-corrected chi connectivity index (χ3v) is 5.85. The summed E-state index contributed by atoms with van der Waals surface area (Å²) >= 11 is 0. The lowest BCUT2D eigenvalue weighted by Crippen LogP contribution is -2.47. The van der Waals surface area contributed by atoms with E-state index in [4.69, 9.17) is 23.7 Å². The standard InChI is InChI=1S/C27H30N2O11/c1-14(2)25(33)40-23-15(3)38-27(35)18(29-24(32)21-22(31)19(36-4)10-11-28-21)13-37-26(34)17(23)12-20(30)39-16-8-6-5-7-9-16/h5-11,14-15,17-18,23,31H,12-13H2,1-4H3,(H,29,32)/t15-,17+,18-,23-/m0/s1. The Balaban J connectivity index is 1.85. The van der Waals surface area contributed by atoms with Gasteiger partial charge in [0.1, 0.15) is 24.4 Å². The maximum Gasteiger partial charge on any atom is 0.332 e. The summed E-state index contributed by atoms with van der Waals surface area (Å²) < 4.78 is 26.5. The number of esters is 4. The molecule has 0 saturated carbocycles. The number of nitrogens with zero attached hydrogens (tertiary/aromatic N) is 1. The fourth-order valence-corrected chi connectivity index (χ4v) is 3.72. The molecule has 2 N–H and O–H groups in total. The molecule has 3 rings (SSSR count). The number of hydrogen-bond acceptors (Lipinski definition) is 12. The van der Waals surface area contributed by atoms with E-state index < -0.39 is 84.3 Å². The molecule has 1 amide bonds. The second kappa shape index (κ2) is 13.4. The number of carbonyl (C=O) groups excluding carboxylic acids is 5. The Kier molecular flexibility index (Phi) is 10.0. The van der Waals surface area contributed by atoms with E-state index in [9.17, 15) is 29.1 Å². The Morgan fingerprint density at radius 1 is 1.12 bits per heavy atom. The fourth-order valence-electron chi connectivity index (χ4n) is 3.72. The van der Waals surface area contributed by atoms with Crippen LogP contribution in [-0.4, -0.2) is 71.8 Å². The van der Waals surface area contributed by atoms with Crippen molar-refractivity contribution in [1.82, 2.24) is 10.3 Å². The van der Waals surface area contributed by atoms with Crippen LogP contribution in [0.15, 0.2) is 42.6 Å². The van der Waals surface area contributed by atoms with E-state index in [1.165, 1.54) is 26.3 Å². The monoisotopic (exact) mass is 558 g/mol. The SMILES string of the molecule is COc1ccnc(C(=O)N[C@H]2COC(=O)[C@H](CC(=O)Oc3ccccc3)[C@@H](OC(=O)C(C)C)[C@H](C)OC2=O)c1O. The zero-order valence-corrected chi connectivity index (χ0v) is 22.3. The number of para-hydroxylation sites is 1. The molecule has 0 aliphatic carbocycles. The van der Waals surface area contributed by atoms with E-state index in [1.54, 1.807) is 44.2 Å². The third-order valence-electron chi connectivity index (χ3n) is 5.85. The number of methoxy groups -OCH3 is 1. The highest BCUT2D eigenvalue weighted by atomic mass is 16.6. The maximum absolute atomic E-state index is 13.2. The molecular weight excluding hydrogens is 528 g/mol. The highest BCUT2D eigenvalue weighted by Crippen LogP contribution is 2.28. The summed E-state index contributed by atoms with van der Waals surface area (Å²) in [5, 5.41) is 12.5. The van der Waals surface area contributed by atoms with E-state index in [0.29, 0.717) is 0 Å². The topological polar surface area (TPSA) is 177 Å². The minimum Gasteiger partial charge on any atom is -0.503 e. The van der Waals surface area contributed by atoms with Crippen LogP contribution < -0.4 is 14.8 Å². The molecule has 2 heterocycles. The lowest BCUT2D eigenvalue weighted by Gasteiger charge is -2.29. The number of rotatable bonds is 8. The zero-order chi connectivity index (χ0) is 29.4. The van der Waals surface area contributed by atoms with Crippen LogP contribution in [0.2, 0.25) is 0 Å². The molecule has 2 aromatic rings. The molecule has 1 saturated heterocycles. The van der Waals surface area contributed by atoms with Crippen molar-refractivity contribution < 1.29 is 52.8 Å². The molecule has 1 aromatic carbocycles. The van der Waals surface area contributed by atoms with Gasteiger partial charge in [-0.1, -0.05) is 32.0 Å². The van der Waals surface area contributed by atoms with Crippen LogP contribution in [0.1, 0.15) is 37.7 Å². The predicted octanol–water partition coefficient (Wildman–Crippen LogP) is 1.56. The maximum atomic E-state index is 13.2. The molecule has 214 valence electrons. The molecule has 13 heteroatoms. The Labute approximate surface area is 229 Å². The molecule has 1 aliphatic rings. The van der Waals surface area contributed by atoms with E-state index in [1.807, 2.05) is 0 Å². The summed E-state index contributed by atoms with van der Waals surface area (Å²) in [5.74, 6) is -6.87. The molecular formula is C27H30N2O11. The Morgan fingerprint density at radius 2 is 1.82 bits per heavy atom. The molecule has 0 unspecified atom stereocenters. The van der Waals surface area contributed by atoms with Crippen LogP contribution in [0.3, 0.4) is 0 Å². The minimum absolute atomic E-state index is 0.0303. The van der Waals surface area contributed by atoms with Crippen LogP contribution in [0, 0.1) is 11.8 Å². The van der Waals surface area contributed by atoms with Gasteiger partial charge in [0.25, 0.3) is 5.91 Å². The average molecular weight is 559 g/mol. The van der Waals surface area contributed by atoms with Crippen molar-refractivity contribution in [3.8, 4) is 17.2 Å². The molecule has 1 aliphatic heterocycles. The van der Waals surface area contributed by atoms with Gasteiger partial charge in [-0.2, -0.15) is 0 Å². The van der Waals surface area contributed by atoms with Crippen molar-refractivity contribution in [3.63, 3.8) is 0 Å². The van der Waals surface area contributed by atoms with Crippen LogP contribution in [-0.2, 0) is 33.4 Å². The van der Waals surface area contributed by atoms with Gasteiger partial charge in [-0.25, -0.2) is 9.78 Å². The first-order chi connectivity index (χ1) is 19.0. The molecule has 1 aromatic heterocycles. The van der Waals surface area contributed by atoms with Crippen LogP contribution in [0.5, 0.6) is 17.2 Å². The second-order valence-corrected chi connectivity index (χ2v) is 9.16. The van der Waals surface area contributed by atoms with E-state index in [0.717, 1.165) is 0 Å². The smallest absolute Gasteiger partial charge is 0.332 e. The number of aromatic hydroxyl groups is 1. The van der Waals surface area contributed by atoms with Crippen LogP contribution in [0.25, 0.3) is 0 Å². The number of carbonyl (C=O) groups is 5. The number of nitrogens with one attached hydrogen (secondary N) is 1. The van der Waals surface area contributed by atoms with Gasteiger partial charge in [0.2, 0.25) is 0 Å². The Morgan fingerprint density at radius 3 is 2.48 bits per heavy atom. The van der Waals surface area contributed by atoms with Crippen molar-refractivity contribution >= 4 is 29.8 Å². The van der Waals surface area contributed by atoms with Crippen molar-refractivity contribution in [2.24, 2.45) is 11.8 Å². The highest BCUT2D eigenvalue weighted by molar-refractivity contribution is 5.98. The fraction of sp³-hybridized carbons (Fsp3) is 0.407. The van der Waals surface area contributed by atoms with Gasteiger partial charge in [0.15, 0.2) is 29.3 Å². The Bertz CT molecular complexity index is 1250. The molecule has 0 bridgehead atoms. The van der Waals surface area contributed by atoms with Gasteiger partial charge < -0.3 is 34.1 Å². The summed E-state index contributed by atoms with van der Waals surface area (Å²) in [6.07, 6.45) is -2.00. The lowest BCUT2D eigenvalue weighted by molar-refractivity contribution is -0.178. The first kappa shape index (κ1) is 29.9. The van der Waals surface area contributed by atoms with Crippen molar-refractivity contribution in [1.29, 1.82) is 0 Å². The van der Waals surface area contributed by atoms with Gasteiger partial charge in [-0.15, -0.1) is 0 Å². The first-order valence-corrected chi connectivity index (χ1v) is 12.4. The van der Waals surface area contributed by atoms with E-state index in [2.05, 4.69) is 10.3 Å². The largest absolute Gasteiger partial charge is 0.503 e. The van der Waals surface area contributed by atoms with Gasteiger partial charge in [-0.3, -0.25) is 19.2 Å². The summed E-state index contributed by atoms with van der Waals surface area (Å²) in [6.45, 7) is 3.83. The first-order valence-electron chi connectivity index (χ1n) is 12.4. The van der Waals surface area contributed by atoms with Crippen molar-refractivity contribution in [2.75, 3.05) is 13.7 Å². The Hall–Kier alpha value is -4.68. The summed E-state index contributed by atoms with van der Waals surface area (Å²) in [5.41, 5.74) is -0.448. The molecule has 4 atom stereocenters. The van der Waals surface area contributed by atoms with Gasteiger partial charge in [0, 0.05) is 12.3 Å². The number of hydrogen-bond donors (Lipinski definition) is 2. The number of ether oxygens (including phenoxy) is 5. The predicted molar refractivity (Wildman–Crippen MR) is 135 cm³/mol. The molecule has 13 nitrogen and oxygen atoms in total. The highest BCUT2D eigenvalue weighted by Gasteiger charge is 2.43. The van der Waals surface area contributed by atoms with Gasteiger partial charge >= 0.3 is 23.9 Å². The van der Waals surface area contributed by atoms with E-state index in [-0.39, 0.29) is 11.5 Å². The number of aromatic nitrogens is 1. The van der Waals surface area contributed by atoms with Gasteiger partial charge in [-0.05, 0) is 19.1 Å². The average Bonchev–Trinajstić information content (AvgIpc) is 2.95. The number of benzene rings is 1. The number of cyclic esters (lactones) is 2. The van der Waals surface area contributed by atoms with Crippen LogP contribution in [0.4, 0.5) is 0 Å². The molecule has 0 radical (unpaired) electrons. The van der Waals surface area contributed by atoms with Crippen LogP contribution >= 0.6 is 0 Å². The van der Waals surface area contributed by atoms with Crippen molar-refractivity contribution in [2.45, 2.75) is 45.4 Å². The minimum atomic E-state index is -1.53. The molecule has 0 spiro atoms. The third kappa shape index (κ3) is 7.46. The summed E-state index contributed by atoms with van der Waals surface area (Å²) in [4.78, 5) is 68.0. The van der Waals surface area contributed by atoms with Crippen molar-refractivity contribution in [3.05, 3.63) is 48.3 Å². The molecule has 1 fully saturated rings. The second-order valence-electron chi connectivity index (χ2n) is 9.16. The summed E-state index contributed by atoms with van der Waals surface area (Å²) in [6, 6.07) is 7.92. The van der Waals surface area contributed by atoms with Gasteiger partial charge in [0.05, 0.1) is 19.4 Å².